The minimum atomic E-state index is -0.759. The van der Waals surface area contributed by atoms with Crippen molar-refractivity contribution in [3.05, 3.63) is 0 Å². The topological polar surface area (TPSA) is 78.9 Å². The first-order valence-electron chi connectivity index (χ1n) is 27.0. The Balaban J connectivity index is 4.14. The Hall–Kier alpha value is -1.59. The van der Waals surface area contributed by atoms with Gasteiger partial charge < -0.3 is 14.2 Å². The lowest BCUT2D eigenvalue weighted by atomic mass is 10.0. The summed E-state index contributed by atoms with van der Waals surface area (Å²) in [5.41, 5.74) is 0. The highest BCUT2D eigenvalue weighted by Gasteiger charge is 2.19. The molecule has 0 aliphatic heterocycles. The normalized spacial score (nSPS) is 11.8. The maximum Gasteiger partial charge on any atom is 0.306 e. The van der Waals surface area contributed by atoms with Crippen molar-refractivity contribution in [1.82, 2.24) is 0 Å². The third-order valence-corrected chi connectivity index (χ3v) is 12.4. The lowest BCUT2D eigenvalue weighted by Crippen LogP contribution is -2.30. The second kappa shape index (κ2) is 50.1. The maximum atomic E-state index is 12.8. The van der Waals surface area contributed by atoms with Crippen LogP contribution in [0.15, 0.2) is 0 Å². The predicted molar refractivity (Wildman–Crippen MR) is 257 cm³/mol. The minimum absolute atomic E-state index is 0.0622. The van der Waals surface area contributed by atoms with Gasteiger partial charge in [-0.3, -0.25) is 14.4 Å². The van der Waals surface area contributed by atoms with Crippen LogP contribution in [0.25, 0.3) is 0 Å². The summed E-state index contributed by atoms with van der Waals surface area (Å²) in [6.45, 7) is 6.65. The molecule has 0 aromatic carbocycles. The number of carbonyl (C=O) groups is 3. The van der Waals surface area contributed by atoms with Crippen LogP contribution in [0.4, 0.5) is 0 Å². The average Bonchev–Trinajstić information content (AvgIpc) is 3.24. The highest BCUT2D eigenvalue weighted by atomic mass is 16.6. The quantitative estimate of drug-likeness (QED) is 0.0345. The fraction of sp³-hybridized carbons (Fsp3) is 0.944. The molecule has 0 aromatic heterocycles. The highest BCUT2D eigenvalue weighted by Crippen LogP contribution is 2.17. The van der Waals surface area contributed by atoms with Gasteiger partial charge in [0.15, 0.2) is 6.10 Å². The molecule has 1 unspecified atom stereocenters. The zero-order valence-corrected chi connectivity index (χ0v) is 40.8. The van der Waals surface area contributed by atoms with E-state index in [9.17, 15) is 14.4 Å². The molecule has 0 saturated heterocycles. The van der Waals surface area contributed by atoms with Crippen LogP contribution < -0.4 is 0 Å². The number of esters is 3. The van der Waals surface area contributed by atoms with Crippen molar-refractivity contribution in [3.63, 3.8) is 0 Å². The molecule has 0 fully saturated rings. The van der Waals surface area contributed by atoms with Crippen molar-refractivity contribution < 1.29 is 28.6 Å². The molecule has 6 heteroatoms. The van der Waals surface area contributed by atoms with Crippen LogP contribution in [0.5, 0.6) is 0 Å². The van der Waals surface area contributed by atoms with Crippen LogP contribution in [0.1, 0.15) is 310 Å². The Bertz CT molecular complexity index is 889. The van der Waals surface area contributed by atoms with E-state index in [2.05, 4.69) is 20.8 Å². The summed E-state index contributed by atoms with van der Waals surface area (Å²) in [6, 6.07) is 0. The van der Waals surface area contributed by atoms with Gasteiger partial charge in [0, 0.05) is 19.3 Å². The van der Waals surface area contributed by atoms with E-state index in [4.69, 9.17) is 14.2 Å². The summed E-state index contributed by atoms with van der Waals surface area (Å²) in [4.78, 5) is 37.8. The van der Waals surface area contributed by atoms with E-state index in [1.807, 2.05) is 0 Å². The molecule has 0 N–H and O–H groups in total. The zero-order chi connectivity index (χ0) is 43.7. The van der Waals surface area contributed by atoms with Crippen molar-refractivity contribution in [2.75, 3.05) is 13.2 Å². The molecule has 0 radical (unpaired) electrons. The average molecular weight is 849 g/mol. The fourth-order valence-corrected chi connectivity index (χ4v) is 8.27. The molecule has 0 amide bonds. The van der Waals surface area contributed by atoms with E-state index >= 15 is 0 Å². The molecular formula is C54H104O6. The molecule has 0 rings (SSSR count). The van der Waals surface area contributed by atoms with Crippen LogP contribution in [-0.4, -0.2) is 37.2 Å². The van der Waals surface area contributed by atoms with Crippen LogP contribution in [0.2, 0.25) is 0 Å². The SMILES string of the molecule is CCCCCCCCCCCCCCCCCCCCCCC(=O)OCC(COC(=O)CCCCCCCCC)OC(=O)CCCCCCCCCCCCCCCCC. The smallest absolute Gasteiger partial charge is 0.306 e. The maximum absolute atomic E-state index is 12.8. The molecule has 1 atom stereocenters. The van der Waals surface area contributed by atoms with Crippen LogP contribution in [0.3, 0.4) is 0 Å². The molecular weight excluding hydrogens is 745 g/mol. The van der Waals surface area contributed by atoms with E-state index in [1.165, 1.54) is 212 Å². The first kappa shape index (κ1) is 58.4. The first-order chi connectivity index (χ1) is 29.5. The van der Waals surface area contributed by atoms with Gasteiger partial charge >= 0.3 is 17.9 Å². The van der Waals surface area contributed by atoms with Gasteiger partial charge in [-0.1, -0.05) is 271 Å². The molecule has 0 heterocycles. The van der Waals surface area contributed by atoms with Gasteiger partial charge in [0.05, 0.1) is 0 Å². The third-order valence-electron chi connectivity index (χ3n) is 12.4. The van der Waals surface area contributed by atoms with Gasteiger partial charge in [0.2, 0.25) is 0 Å². The minimum Gasteiger partial charge on any atom is -0.462 e. The van der Waals surface area contributed by atoms with Crippen molar-refractivity contribution in [2.45, 2.75) is 316 Å². The van der Waals surface area contributed by atoms with Gasteiger partial charge in [0.25, 0.3) is 0 Å². The summed E-state index contributed by atoms with van der Waals surface area (Å²) in [5, 5.41) is 0. The summed E-state index contributed by atoms with van der Waals surface area (Å²) in [5.74, 6) is -0.846. The van der Waals surface area contributed by atoms with E-state index in [0.717, 1.165) is 57.8 Å². The summed E-state index contributed by atoms with van der Waals surface area (Å²) < 4.78 is 16.8. The van der Waals surface area contributed by atoms with Crippen molar-refractivity contribution in [2.24, 2.45) is 0 Å². The molecule has 60 heavy (non-hydrogen) atoms. The zero-order valence-electron chi connectivity index (χ0n) is 40.8. The highest BCUT2D eigenvalue weighted by molar-refractivity contribution is 5.71. The molecule has 6 nitrogen and oxygen atoms in total. The summed E-state index contributed by atoms with van der Waals surface area (Å²) >= 11 is 0. The second-order valence-corrected chi connectivity index (χ2v) is 18.5. The molecule has 0 saturated carbocycles. The van der Waals surface area contributed by atoms with Gasteiger partial charge in [-0.15, -0.1) is 0 Å². The Morgan fingerprint density at radius 1 is 0.267 bits per heavy atom. The Morgan fingerprint density at radius 3 is 0.667 bits per heavy atom. The van der Waals surface area contributed by atoms with Gasteiger partial charge in [-0.25, -0.2) is 0 Å². The molecule has 0 aliphatic carbocycles. The lowest BCUT2D eigenvalue weighted by Gasteiger charge is -2.18. The van der Waals surface area contributed by atoms with Gasteiger partial charge in [0.1, 0.15) is 13.2 Å². The number of unbranched alkanes of at least 4 members (excludes halogenated alkanes) is 39. The third kappa shape index (κ3) is 47.5. The number of ether oxygens (including phenoxy) is 3. The van der Waals surface area contributed by atoms with Crippen LogP contribution in [0, 0.1) is 0 Å². The van der Waals surface area contributed by atoms with Crippen molar-refractivity contribution in [3.8, 4) is 0 Å². The van der Waals surface area contributed by atoms with Gasteiger partial charge in [-0.2, -0.15) is 0 Å². The monoisotopic (exact) mass is 849 g/mol. The summed E-state index contributed by atoms with van der Waals surface area (Å²) in [6.07, 6.45) is 53.9. The van der Waals surface area contributed by atoms with E-state index in [-0.39, 0.29) is 31.1 Å². The predicted octanol–water partition coefficient (Wildman–Crippen LogP) is 17.6. The Labute approximate surface area is 374 Å². The van der Waals surface area contributed by atoms with Crippen LogP contribution >= 0.6 is 0 Å². The number of carbonyl (C=O) groups excluding carboxylic acids is 3. The number of hydrogen-bond donors (Lipinski definition) is 0. The van der Waals surface area contributed by atoms with E-state index in [0.29, 0.717) is 19.3 Å². The van der Waals surface area contributed by atoms with Crippen LogP contribution in [-0.2, 0) is 28.6 Å². The number of rotatable bonds is 50. The number of hydrogen-bond acceptors (Lipinski definition) is 6. The summed E-state index contributed by atoms with van der Waals surface area (Å²) in [7, 11) is 0. The molecule has 356 valence electrons. The molecule has 0 spiro atoms. The van der Waals surface area contributed by atoms with Gasteiger partial charge in [-0.05, 0) is 19.3 Å². The molecule has 0 bridgehead atoms. The lowest BCUT2D eigenvalue weighted by molar-refractivity contribution is -0.167. The Morgan fingerprint density at radius 2 is 0.450 bits per heavy atom. The molecule has 0 aromatic rings. The second-order valence-electron chi connectivity index (χ2n) is 18.5. The fourth-order valence-electron chi connectivity index (χ4n) is 8.27. The van der Waals surface area contributed by atoms with Crippen molar-refractivity contribution >= 4 is 17.9 Å². The van der Waals surface area contributed by atoms with E-state index < -0.39 is 6.10 Å². The molecule has 0 aliphatic rings. The standard InChI is InChI=1S/C54H104O6/c1-4-7-10-13-16-18-20-22-24-25-26-27-28-30-31-33-35-38-41-44-47-53(56)59-50-51(49-58-52(55)46-43-40-37-15-12-9-6-3)60-54(57)48-45-42-39-36-34-32-29-23-21-19-17-14-11-8-5-2/h51H,4-50H2,1-3H3. The van der Waals surface area contributed by atoms with Crippen molar-refractivity contribution in [1.29, 1.82) is 0 Å². The Kier molecular flexibility index (Phi) is 48.7. The first-order valence-corrected chi connectivity index (χ1v) is 27.0. The van der Waals surface area contributed by atoms with E-state index in [1.54, 1.807) is 0 Å². The largest absolute Gasteiger partial charge is 0.462 e.